The average Bonchev–Trinajstić information content (AvgIpc) is 2.68. The van der Waals surface area contributed by atoms with Crippen LogP contribution in [-0.2, 0) is 17.8 Å². The predicted octanol–water partition coefficient (Wildman–Crippen LogP) is 5.83. The lowest BCUT2D eigenvalue weighted by atomic mass is 10.1. The van der Waals surface area contributed by atoms with Gasteiger partial charge in [0.1, 0.15) is 27.0 Å². The molecule has 0 saturated heterocycles. The zero-order valence-corrected chi connectivity index (χ0v) is 19.6. The molecule has 2 heterocycles. The molecule has 0 radical (unpaired) electrons. The van der Waals surface area contributed by atoms with Gasteiger partial charge in [-0.25, -0.2) is 4.98 Å². The first-order valence-electron chi connectivity index (χ1n) is 9.45. The summed E-state index contributed by atoms with van der Waals surface area (Å²) in [5, 5.41) is 1.57. The summed E-state index contributed by atoms with van der Waals surface area (Å²) in [5.74, 6) is 0.538. The van der Waals surface area contributed by atoms with Crippen molar-refractivity contribution in [3.8, 4) is 5.75 Å². The number of fused-ring (bicyclic) bond motifs is 1. The average molecular weight is 464 g/mol. The number of hydrogen-bond acceptors (Lipinski definition) is 5. The van der Waals surface area contributed by atoms with Gasteiger partial charge < -0.3 is 9.29 Å². The summed E-state index contributed by atoms with van der Waals surface area (Å²) >= 11 is 11.4. The van der Waals surface area contributed by atoms with Crippen molar-refractivity contribution in [2.45, 2.75) is 38.9 Å². The molecule has 1 aromatic carbocycles. The molecule has 0 spiro atoms. The van der Waals surface area contributed by atoms with E-state index in [2.05, 4.69) is 14.4 Å². The molecule has 0 aliphatic carbocycles. The summed E-state index contributed by atoms with van der Waals surface area (Å²) in [4.78, 5) is 8.75. The van der Waals surface area contributed by atoms with Gasteiger partial charge in [-0.05, 0) is 52.0 Å². The summed E-state index contributed by atoms with van der Waals surface area (Å²) in [6.45, 7) is 7.83. The van der Waals surface area contributed by atoms with Gasteiger partial charge in [-0.15, -0.1) is 0 Å². The molecule has 0 aliphatic heterocycles. The van der Waals surface area contributed by atoms with Crippen LogP contribution < -0.4 is 4.74 Å². The molecule has 0 amide bonds. The molecule has 0 aliphatic rings. The highest BCUT2D eigenvalue weighted by molar-refractivity contribution is 7.91. The van der Waals surface area contributed by atoms with Gasteiger partial charge in [0.2, 0.25) is 0 Å². The van der Waals surface area contributed by atoms with Gasteiger partial charge in [-0.1, -0.05) is 33.7 Å². The first-order chi connectivity index (χ1) is 14.1. The van der Waals surface area contributed by atoms with Gasteiger partial charge >= 0.3 is 0 Å². The minimum atomic E-state index is -1.39. The highest BCUT2D eigenvalue weighted by Crippen LogP contribution is 2.32. The van der Waals surface area contributed by atoms with E-state index in [4.69, 9.17) is 27.9 Å². The van der Waals surface area contributed by atoms with E-state index in [9.17, 15) is 4.55 Å². The number of hydrogen-bond donors (Lipinski definition) is 0. The van der Waals surface area contributed by atoms with Gasteiger partial charge in [0.15, 0.2) is 0 Å². The Kier molecular flexibility index (Phi) is 7.24. The summed E-state index contributed by atoms with van der Waals surface area (Å²) < 4.78 is 22.0. The third kappa shape index (κ3) is 5.64. The number of rotatable bonds is 6. The van der Waals surface area contributed by atoms with Crippen molar-refractivity contribution >= 4 is 51.2 Å². The lowest BCUT2D eigenvalue weighted by molar-refractivity contribution is 0.321. The zero-order valence-electron chi connectivity index (χ0n) is 17.3. The molecule has 0 bridgehead atoms. The number of benzene rings is 1. The maximum atomic E-state index is 12.3. The maximum Gasteiger partial charge on any atom is 0.144 e. The van der Waals surface area contributed by atoms with Crippen molar-refractivity contribution in [2.24, 2.45) is 4.40 Å². The second kappa shape index (κ2) is 9.52. The van der Waals surface area contributed by atoms with E-state index in [0.29, 0.717) is 40.6 Å². The van der Waals surface area contributed by atoms with E-state index < -0.39 is 16.1 Å². The second-order valence-corrected chi connectivity index (χ2v) is 10.4. The van der Waals surface area contributed by atoms with Gasteiger partial charge in [-0.2, -0.15) is 0 Å². The highest BCUT2D eigenvalue weighted by atomic mass is 35.5. The molecule has 30 heavy (non-hydrogen) atoms. The summed E-state index contributed by atoms with van der Waals surface area (Å²) in [6, 6.07) is 11.2. The Morgan fingerprint density at radius 1 is 1.20 bits per heavy atom. The molecule has 3 rings (SSSR count). The van der Waals surface area contributed by atoms with Crippen LogP contribution in [0.4, 0.5) is 0 Å². The number of nitrogens with zero attached hydrogens (tertiary/aromatic N) is 3. The Labute approximate surface area is 189 Å². The van der Waals surface area contributed by atoms with Crippen molar-refractivity contribution < 1.29 is 9.29 Å². The molecular weight excluding hydrogens is 441 g/mol. The van der Waals surface area contributed by atoms with Crippen molar-refractivity contribution in [1.29, 1.82) is 0 Å². The first-order valence-corrected chi connectivity index (χ1v) is 11.3. The van der Waals surface area contributed by atoms with Crippen LogP contribution in [0.5, 0.6) is 5.75 Å². The molecule has 3 aromatic rings. The van der Waals surface area contributed by atoms with Crippen LogP contribution in [0.3, 0.4) is 0 Å². The Balaban J connectivity index is 1.83. The Morgan fingerprint density at radius 2 is 1.97 bits per heavy atom. The van der Waals surface area contributed by atoms with Crippen LogP contribution in [0.15, 0.2) is 47.0 Å². The van der Waals surface area contributed by atoms with E-state index in [1.807, 2.05) is 45.0 Å². The van der Waals surface area contributed by atoms with Crippen molar-refractivity contribution in [3.63, 3.8) is 0 Å². The number of pyridine rings is 2. The van der Waals surface area contributed by atoms with Crippen molar-refractivity contribution in [2.75, 3.05) is 6.61 Å². The normalized spacial score (nSPS) is 13.5. The molecule has 1 unspecified atom stereocenters. The van der Waals surface area contributed by atoms with Crippen LogP contribution in [0, 0.1) is 0 Å². The summed E-state index contributed by atoms with van der Waals surface area (Å²) in [5.41, 5.74) is 2.80. The van der Waals surface area contributed by atoms with E-state index >= 15 is 0 Å². The monoisotopic (exact) mass is 463 g/mol. The maximum absolute atomic E-state index is 12.3. The minimum Gasteiger partial charge on any atom is -0.591 e. The van der Waals surface area contributed by atoms with E-state index in [-0.39, 0.29) is 5.15 Å². The Hall–Kier alpha value is -1.86. The SMILES string of the molecule is C/C(=N/[S+]([O-])C(C)(C)C)c1cc2cc(Cl)c(OCCc3ccccn3)cc2nc1Cl. The lowest BCUT2D eigenvalue weighted by Crippen LogP contribution is -2.26. The number of aromatic nitrogens is 2. The third-order valence-electron chi connectivity index (χ3n) is 4.30. The van der Waals surface area contributed by atoms with E-state index in [0.717, 1.165) is 11.1 Å². The molecule has 8 heteroatoms. The minimum absolute atomic E-state index is 0.288. The van der Waals surface area contributed by atoms with Gasteiger partial charge in [0.05, 0.1) is 22.9 Å². The Bertz CT molecular complexity index is 1070. The number of halogens is 2. The molecule has 2 aromatic heterocycles. The highest BCUT2D eigenvalue weighted by Gasteiger charge is 2.27. The van der Waals surface area contributed by atoms with Crippen LogP contribution in [0.1, 0.15) is 39.0 Å². The van der Waals surface area contributed by atoms with E-state index in [1.165, 1.54) is 0 Å². The number of ether oxygens (including phenoxy) is 1. The fraction of sp³-hybridized carbons (Fsp3) is 0.318. The van der Waals surface area contributed by atoms with Crippen molar-refractivity contribution in [1.82, 2.24) is 9.97 Å². The fourth-order valence-electron chi connectivity index (χ4n) is 2.64. The zero-order chi connectivity index (χ0) is 21.9. The summed E-state index contributed by atoms with van der Waals surface area (Å²) in [6.07, 6.45) is 2.42. The standard InChI is InChI=1S/C22H23Cl2N3O2S/c1-14(27-30(28)22(2,3)4)17-11-15-12-18(23)20(13-19(15)26-21(17)24)29-10-8-16-7-5-6-9-25-16/h5-7,9,11-13H,8,10H2,1-4H3/b27-14-. The van der Waals surface area contributed by atoms with E-state index in [1.54, 1.807) is 25.3 Å². The molecule has 0 N–H and O–H groups in total. The third-order valence-corrected chi connectivity index (χ3v) is 6.37. The molecule has 0 fully saturated rings. The molecule has 1 atom stereocenters. The van der Waals surface area contributed by atoms with Crippen LogP contribution in [0.25, 0.3) is 10.9 Å². The quantitative estimate of drug-likeness (QED) is 0.262. The lowest BCUT2D eigenvalue weighted by Gasteiger charge is -2.19. The van der Waals surface area contributed by atoms with Crippen LogP contribution in [-0.4, -0.2) is 31.6 Å². The van der Waals surface area contributed by atoms with Gasteiger partial charge in [0.25, 0.3) is 0 Å². The predicted molar refractivity (Wildman–Crippen MR) is 125 cm³/mol. The Morgan fingerprint density at radius 3 is 2.63 bits per heavy atom. The fourth-order valence-corrected chi connectivity index (χ4v) is 3.77. The molecule has 158 valence electrons. The van der Waals surface area contributed by atoms with Gasteiger partial charge in [-0.3, -0.25) is 4.98 Å². The summed E-state index contributed by atoms with van der Waals surface area (Å²) in [7, 11) is 0. The second-order valence-electron chi connectivity index (χ2n) is 7.76. The van der Waals surface area contributed by atoms with Crippen LogP contribution >= 0.6 is 23.2 Å². The van der Waals surface area contributed by atoms with Crippen LogP contribution in [0.2, 0.25) is 10.2 Å². The smallest absolute Gasteiger partial charge is 0.144 e. The topological polar surface area (TPSA) is 70.4 Å². The molecule has 5 nitrogen and oxygen atoms in total. The first kappa shape index (κ1) is 22.8. The molecule has 0 saturated carbocycles. The largest absolute Gasteiger partial charge is 0.591 e. The van der Waals surface area contributed by atoms with Gasteiger partial charge in [0, 0.05) is 35.3 Å². The molecular formula is C22H23Cl2N3O2S. The van der Waals surface area contributed by atoms with Crippen molar-refractivity contribution in [3.05, 3.63) is 64.0 Å².